The molecule has 4 nitrogen and oxygen atoms in total. The number of nitriles is 1. The van der Waals surface area contributed by atoms with Crippen molar-refractivity contribution >= 4 is 5.94 Å². The topological polar surface area (TPSA) is 53.3 Å². The van der Waals surface area contributed by atoms with Crippen LogP contribution in [0.4, 0.5) is 0 Å². The Morgan fingerprint density at radius 2 is 2.27 bits per heavy atom. The maximum absolute atomic E-state index is 10.5. The number of ether oxygens (including phenoxy) is 1. The number of hydrogen-bond acceptors (Lipinski definition) is 4. The molecule has 0 aliphatic carbocycles. The van der Waals surface area contributed by atoms with Crippen LogP contribution in [0.25, 0.3) is 0 Å². The molecule has 1 fully saturated rings. The number of likely N-dealkylation sites (N-methyl/N-ethyl adjacent to an activating group) is 1. The maximum atomic E-state index is 10.5. The molecule has 0 N–H and O–H groups in total. The van der Waals surface area contributed by atoms with Gasteiger partial charge in [0.2, 0.25) is 0 Å². The van der Waals surface area contributed by atoms with Crippen LogP contribution in [0.1, 0.15) is 6.92 Å². The fraction of sp³-hybridized carbons (Fsp3) is 0.545. The molecule has 0 radical (unpaired) electrons. The van der Waals surface area contributed by atoms with Crippen molar-refractivity contribution in [3.05, 3.63) is 18.2 Å². The molecule has 1 saturated heterocycles. The van der Waals surface area contributed by atoms with Crippen LogP contribution >= 0.6 is 0 Å². The normalized spacial score (nSPS) is 20.4. The van der Waals surface area contributed by atoms with Crippen molar-refractivity contribution in [2.75, 3.05) is 20.3 Å². The molecule has 0 aromatic heterocycles. The molecule has 0 aromatic rings. The molecular formula is C11H14N2O2. The van der Waals surface area contributed by atoms with Gasteiger partial charge in [0, 0.05) is 12.2 Å². The average molecular weight is 206 g/mol. The Morgan fingerprint density at radius 1 is 1.60 bits per heavy atom. The van der Waals surface area contributed by atoms with Crippen molar-refractivity contribution in [2.24, 2.45) is 0 Å². The summed E-state index contributed by atoms with van der Waals surface area (Å²) in [5.41, 5.74) is -0.564. The van der Waals surface area contributed by atoms with E-state index >= 15 is 0 Å². The second-order valence-electron chi connectivity index (χ2n) is 3.75. The van der Waals surface area contributed by atoms with Crippen molar-refractivity contribution in [2.45, 2.75) is 18.5 Å². The van der Waals surface area contributed by atoms with E-state index in [1.165, 1.54) is 12.2 Å². The molecule has 1 atom stereocenters. The highest BCUT2D eigenvalue weighted by atomic mass is 16.5. The number of allylic oxidation sites excluding steroid dienone is 1. The molecule has 0 spiro atoms. The first kappa shape index (κ1) is 11.7. The van der Waals surface area contributed by atoms with E-state index in [-0.39, 0.29) is 0 Å². The van der Waals surface area contributed by atoms with Crippen LogP contribution in [0.15, 0.2) is 18.2 Å². The maximum Gasteiger partial charge on any atom is 0.122 e. The molecule has 15 heavy (non-hydrogen) atoms. The summed E-state index contributed by atoms with van der Waals surface area (Å²) < 4.78 is 5.09. The Bertz CT molecular complexity index is 335. The highest BCUT2D eigenvalue weighted by Crippen LogP contribution is 2.22. The standard InChI is InChI=1S/C11H14N2O2/c1-11(5-7-14,4-3-6-12)13(2)10-8-15-9-10/h3-5,10H,8-9H2,1-2H3. The van der Waals surface area contributed by atoms with Gasteiger partial charge < -0.3 is 4.74 Å². The number of rotatable bonds is 4. The molecular weight excluding hydrogens is 192 g/mol. The zero-order valence-corrected chi connectivity index (χ0v) is 8.93. The second-order valence-corrected chi connectivity index (χ2v) is 3.75. The number of carbonyl (C=O) groups excluding carboxylic acids is 1. The summed E-state index contributed by atoms with van der Waals surface area (Å²) in [6.07, 6.45) is 4.49. The highest BCUT2D eigenvalue weighted by molar-refractivity contribution is 5.50. The summed E-state index contributed by atoms with van der Waals surface area (Å²) in [7, 11) is 1.91. The predicted octanol–water partition coefficient (Wildman–Crippen LogP) is 0.543. The quantitative estimate of drug-likeness (QED) is 0.497. The fourth-order valence-electron chi connectivity index (χ4n) is 1.43. The Labute approximate surface area is 89.4 Å². The third-order valence-electron chi connectivity index (χ3n) is 2.77. The van der Waals surface area contributed by atoms with Crippen LogP contribution in [0.5, 0.6) is 0 Å². The largest absolute Gasteiger partial charge is 0.378 e. The SMILES string of the molecule is CN(C1COC1)C(C)(C=C=O)C=CC#N. The van der Waals surface area contributed by atoms with Gasteiger partial charge in [0.15, 0.2) is 0 Å². The third-order valence-corrected chi connectivity index (χ3v) is 2.77. The van der Waals surface area contributed by atoms with E-state index in [1.54, 1.807) is 12.0 Å². The molecule has 0 bridgehead atoms. The lowest BCUT2D eigenvalue weighted by molar-refractivity contribution is -0.0723. The van der Waals surface area contributed by atoms with E-state index in [2.05, 4.69) is 0 Å². The Morgan fingerprint density at radius 3 is 2.67 bits per heavy atom. The zero-order valence-electron chi connectivity index (χ0n) is 8.93. The molecule has 1 heterocycles. The fourth-order valence-corrected chi connectivity index (χ4v) is 1.43. The second kappa shape index (κ2) is 4.90. The van der Waals surface area contributed by atoms with Gasteiger partial charge in [-0.05, 0) is 20.0 Å². The molecule has 0 amide bonds. The molecule has 1 aliphatic rings. The molecule has 0 saturated carbocycles. The van der Waals surface area contributed by atoms with Gasteiger partial charge in [0.1, 0.15) is 5.94 Å². The van der Waals surface area contributed by atoms with Gasteiger partial charge in [-0.25, -0.2) is 4.79 Å². The van der Waals surface area contributed by atoms with Crippen molar-refractivity contribution in [1.29, 1.82) is 5.26 Å². The van der Waals surface area contributed by atoms with E-state index in [4.69, 9.17) is 10.00 Å². The first-order valence-corrected chi connectivity index (χ1v) is 4.74. The average Bonchev–Trinajstić information content (AvgIpc) is 2.12. The molecule has 1 rings (SSSR count). The van der Waals surface area contributed by atoms with Crippen LogP contribution in [0.2, 0.25) is 0 Å². The highest BCUT2D eigenvalue weighted by Gasteiger charge is 2.33. The first-order valence-electron chi connectivity index (χ1n) is 4.74. The van der Waals surface area contributed by atoms with E-state index < -0.39 is 5.54 Å². The Balaban J connectivity index is 2.83. The van der Waals surface area contributed by atoms with Crippen LogP contribution in [-0.2, 0) is 9.53 Å². The van der Waals surface area contributed by atoms with Gasteiger partial charge in [0.25, 0.3) is 0 Å². The summed E-state index contributed by atoms with van der Waals surface area (Å²) in [6.45, 7) is 3.20. The Hall–Kier alpha value is -1.40. The number of nitrogens with zero attached hydrogens (tertiary/aromatic N) is 2. The summed E-state index contributed by atoms with van der Waals surface area (Å²) in [5.74, 6) is 1.78. The summed E-state index contributed by atoms with van der Waals surface area (Å²) in [6, 6.07) is 2.22. The van der Waals surface area contributed by atoms with Gasteiger partial charge in [-0.2, -0.15) is 5.26 Å². The minimum atomic E-state index is -0.564. The van der Waals surface area contributed by atoms with Crippen molar-refractivity contribution in [1.82, 2.24) is 4.90 Å². The summed E-state index contributed by atoms with van der Waals surface area (Å²) in [4.78, 5) is 12.5. The molecule has 1 aliphatic heterocycles. The molecule has 1 unspecified atom stereocenters. The van der Waals surface area contributed by atoms with Gasteiger partial charge in [-0.1, -0.05) is 0 Å². The smallest absolute Gasteiger partial charge is 0.122 e. The summed E-state index contributed by atoms with van der Waals surface area (Å²) >= 11 is 0. The lowest BCUT2D eigenvalue weighted by Gasteiger charge is -2.42. The molecule has 0 aromatic carbocycles. The molecule has 4 heteroatoms. The predicted molar refractivity (Wildman–Crippen MR) is 55.8 cm³/mol. The van der Waals surface area contributed by atoms with Crippen LogP contribution in [0, 0.1) is 11.3 Å². The minimum absolute atomic E-state index is 0.294. The lowest BCUT2D eigenvalue weighted by atomic mass is 9.97. The monoisotopic (exact) mass is 206 g/mol. The van der Waals surface area contributed by atoms with Gasteiger partial charge in [0.05, 0.1) is 30.9 Å². The van der Waals surface area contributed by atoms with Gasteiger partial charge in [-0.3, -0.25) is 4.90 Å². The van der Waals surface area contributed by atoms with Crippen LogP contribution in [-0.4, -0.2) is 42.7 Å². The van der Waals surface area contributed by atoms with E-state index in [1.807, 2.05) is 24.9 Å². The molecule has 80 valence electrons. The van der Waals surface area contributed by atoms with E-state index in [9.17, 15) is 4.79 Å². The third kappa shape index (κ3) is 2.54. The first-order chi connectivity index (χ1) is 7.14. The lowest BCUT2D eigenvalue weighted by Crippen LogP contribution is -2.55. The van der Waals surface area contributed by atoms with E-state index in [0.717, 1.165) is 0 Å². The van der Waals surface area contributed by atoms with E-state index in [0.29, 0.717) is 19.3 Å². The van der Waals surface area contributed by atoms with Crippen molar-refractivity contribution < 1.29 is 9.53 Å². The van der Waals surface area contributed by atoms with Crippen LogP contribution in [0.3, 0.4) is 0 Å². The summed E-state index contributed by atoms with van der Waals surface area (Å²) in [5, 5.41) is 8.50. The van der Waals surface area contributed by atoms with Crippen LogP contribution < -0.4 is 0 Å². The zero-order chi connectivity index (χ0) is 11.3. The van der Waals surface area contributed by atoms with Crippen molar-refractivity contribution in [3.8, 4) is 6.07 Å². The number of hydrogen-bond donors (Lipinski definition) is 0. The minimum Gasteiger partial charge on any atom is -0.378 e. The van der Waals surface area contributed by atoms with Gasteiger partial charge >= 0.3 is 0 Å². The van der Waals surface area contributed by atoms with Crippen molar-refractivity contribution in [3.63, 3.8) is 0 Å². The van der Waals surface area contributed by atoms with Gasteiger partial charge in [-0.15, -0.1) is 0 Å². The Kier molecular flexibility index (Phi) is 3.81.